The zero-order valence-electron chi connectivity index (χ0n) is 3.67. The number of halogens is 1. The normalized spacial score (nSPS) is 11.0. The number of carbonyl (C=O) groups is 1. The second-order valence-corrected chi connectivity index (χ2v) is 1.56. The van der Waals surface area contributed by atoms with E-state index in [0.717, 1.165) is 6.29 Å². The van der Waals surface area contributed by atoms with Gasteiger partial charge in [0, 0.05) is 0 Å². The van der Waals surface area contributed by atoms with E-state index in [1.165, 1.54) is 6.08 Å². The van der Waals surface area contributed by atoms with Crippen LogP contribution < -0.4 is 0 Å². The first-order chi connectivity index (χ1) is 3.41. The maximum Gasteiger partial charge on any atom is 0.142 e. The third-order valence-electron chi connectivity index (χ3n) is 0.374. The van der Waals surface area contributed by atoms with E-state index in [1.54, 1.807) is 12.2 Å². The minimum Gasteiger partial charge on any atom is -0.299 e. The topological polar surface area (TPSA) is 17.1 Å². The summed E-state index contributed by atoms with van der Waals surface area (Å²) in [6.07, 6.45) is 5.65. The summed E-state index contributed by atoms with van der Waals surface area (Å²) >= 11 is 2.08. The maximum atomic E-state index is 9.56. The molecule has 0 rings (SSSR count). The Hall–Kier alpha value is -0.120. The SMILES string of the molecule is O=CC=CC=CI. The number of hydrogen-bond acceptors (Lipinski definition) is 1. The molecule has 0 spiro atoms. The van der Waals surface area contributed by atoms with Gasteiger partial charge in [0.05, 0.1) is 0 Å². The van der Waals surface area contributed by atoms with Gasteiger partial charge in [-0.1, -0.05) is 34.7 Å². The van der Waals surface area contributed by atoms with Gasteiger partial charge in [-0.25, -0.2) is 0 Å². The van der Waals surface area contributed by atoms with Crippen LogP contribution in [0.25, 0.3) is 0 Å². The summed E-state index contributed by atoms with van der Waals surface area (Å²) in [7, 11) is 0. The Balaban J connectivity index is 3.27. The summed E-state index contributed by atoms with van der Waals surface area (Å²) in [6, 6.07) is 0. The lowest BCUT2D eigenvalue weighted by Gasteiger charge is -1.61. The molecule has 0 aromatic rings. The summed E-state index contributed by atoms with van der Waals surface area (Å²) in [5, 5.41) is 0. The van der Waals surface area contributed by atoms with Crippen LogP contribution in [0.2, 0.25) is 0 Å². The highest BCUT2D eigenvalue weighted by Crippen LogP contribution is 1.82. The lowest BCUT2D eigenvalue weighted by Crippen LogP contribution is -1.53. The number of allylic oxidation sites excluding steroid dienone is 3. The molecule has 0 fully saturated rings. The third kappa shape index (κ3) is 5.88. The number of rotatable bonds is 2. The lowest BCUT2D eigenvalue weighted by atomic mass is 10.5. The first-order valence-electron chi connectivity index (χ1n) is 1.79. The highest BCUT2D eigenvalue weighted by atomic mass is 127. The van der Waals surface area contributed by atoms with Crippen LogP contribution >= 0.6 is 22.6 Å². The molecule has 0 aromatic heterocycles. The first kappa shape index (κ1) is 6.88. The van der Waals surface area contributed by atoms with Crippen molar-refractivity contribution >= 4 is 28.9 Å². The van der Waals surface area contributed by atoms with Crippen molar-refractivity contribution in [2.75, 3.05) is 0 Å². The van der Waals surface area contributed by atoms with Crippen molar-refractivity contribution in [3.8, 4) is 0 Å². The average molecular weight is 208 g/mol. The highest BCUT2D eigenvalue weighted by Gasteiger charge is 1.56. The van der Waals surface area contributed by atoms with Crippen molar-refractivity contribution in [1.82, 2.24) is 0 Å². The maximum absolute atomic E-state index is 9.56. The molecule has 0 aliphatic carbocycles. The predicted molar refractivity (Wildman–Crippen MR) is 38.4 cm³/mol. The molecule has 0 unspecified atom stereocenters. The Kier molecular flexibility index (Phi) is 5.78. The highest BCUT2D eigenvalue weighted by molar-refractivity contribution is 14.1. The Morgan fingerprint density at radius 2 is 1.86 bits per heavy atom. The van der Waals surface area contributed by atoms with Crippen LogP contribution in [0.15, 0.2) is 22.3 Å². The standard InChI is InChI=1S/C5H5IO/c6-4-2-1-3-5-7/h1-5H. The molecular weight excluding hydrogens is 203 g/mol. The quantitative estimate of drug-likeness (QED) is 0.292. The monoisotopic (exact) mass is 208 g/mol. The second-order valence-electron chi connectivity index (χ2n) is 0.839. The van der Waals surface area contributed by atoms with Crippen LogP contribution in [0.1, 0.15) is 0 Å². The smallest absolute Gasteiger partial charge is 0.142 e. The van der Waals surface area contributed by atoms with E-state index in [9.17, 15) is 4.79 Å². The molecule has 0 amide bonds. The molecule has 0 saturated heterocycles. The minimum atomic E-state index is 0.747. The summed E-state index contributed by atoms with van der Waals surface area (Å²) in [5.41, 5.74) is 0. The van der Waals surface area contributed by atoms with E-state index in [2.05, 4.69) is 22.6 Å². The largest absolute Gasteiger partial charge is 0.299 e. The second kappa shape index (κ2) is 5.88. The van der Waals surface area contributed by atoms with Crippen LogP contribution in [0.4, 0.5) is 0 Å². The van der Waals surface area contributed by atoms with Gasteiger partial charge in [0.15, 0.2) is 0 Å². The van der Waals surface area contributed by atoms with Crippen LogP contribution in [-0.2, 0) is 4.79 Å². The molecule has 0 radical (unpaired) electrons. The van der Waals surface area contributed by atoms with Gasteiger partial charge in [-0.2, -0.15) is 0 Å². The van der Waals surface area contributed by atoms with E-state index in [-0.39, 0.29) is 0 Å². The zero-order chi connectivity index (χ0) is 5.54. The molecular formula is C5H5IO. The van der Waals surface area contributed by atoms with Crippen LogP contribution in [0.5, 0.6) is 0 Å². The molecule has 2 heteroatoms. The van der Waals surface area contributed by atoms with Crippen molar-refractivity contribution in [2.24, 2.45) is 0 Å². The first-order valence-corrected chi connectivity index (χ1v) is 3.03. The Morgan fingerprint density at radius 3 is 2.29 bits per heavy atom. The predicted octanol–water partition coefficient (Wildman–Crippen LogP) is 1.69. The molecule has 1 nitrogen and oxygen atoms in total. The fraction of sp³-hybridized carbons (Fsp3) is 0. The van der Waals surface area contributed by atoms with Gasteiger partial charge >= 0.3 is 0 Å². The van der Waals surface area contributed by atoms with Gasteiger partial charge in [-0.3, -0.25) is 4.79 Å². The molecule has 0 heterocycles. The third-order valence-corrected chi connectivity index (χ3v) is 0.789. The summed E-state index contributed by atoms with van der Waals surface area (Å²) in [6.45, 7) is 0. The Bertz CT molecular complexity index is 94.3. The Morgan fingerprint density at radius 1 is 1.14 bits per heavy atom. The van der Waals surface area contributed by atoms with Gasteiger partial charge in [0.1, 0.15) is 6.29 Å². The van der Waals surface area contributed by atoms with Crippen molar-refractivity contribution in [1.29, 1.82) is 0 Å². The molecule has 0 N–H and O–H groups in total. The van der Waals surface area contributed by atoms with Crippen molar-refractivity contribution in [3.63, 3.8) is 0 Å². The van der Waals surface area contributed by atoms with E-state index >= 15 is 0 Å². The van der Waals surface area contributed by atoms with Crippen LogP contribution in [0, 0.1) is 0 Å². The lowest BCUT2D eigenvalue weighted by molar-refractivity contribution is -0.104. The average Bonchev–Trinajstić information content (AvgIpc) is 1.69. The Labute approximate surface area is 56.2 Å². The number of carbonyl (C=O) groups excluding carboxylic acids is 1. The molecule has 0 aliphatic rings. The molecule has 0 aliphatic heterocycles. The van der Waals surface area contributed by atoms with Gasteiger partial charge < -0.3 is 0 Å². The minimum absolute atomic E-state index is 0.747. The molecule has 0 saturated carbocycles. The summed E-state index contributed by atoms with van der Waals surface area (Å²) < 4.78 is 1.83. The number of aldehydes is 1. The van der Waals surface area contributed by atoms with Gasteiger partial charge in [0.25, 0.3) is 0 Å². The summed E-state index contributed by atoms with van der Waals surface area (Å²) in [4.78, 5) is 9.56. The van der Waals surface area contributed by atoms with Crippen molar-refractivity contribution in [3.05, 3.63) is 22.3 Å². The fourth-order valence-electron chi connectivity index (χ4n) is 0.152. The number of hydrogen-bond donors (Lipinski definition) is 0. The molecule has 7 heavy (non-hydrogen) atoms. The van der Waals surface area contributed by atoms with E-state index in [1.807, 2.05) is 4.08 Å². The van der Waals surface area contributed by atoms with Crippen LogP contribution in [-0.4, -0.2) is 6.29 Å². The molecule has 0 atom stereocenters. The van der Waals surface area contributed by atoms with E-state index < -0.39 is 0 Å². The van der Waals surface area contributed by atoms with E-state index in [0.29, 0.717) is 0 Å². The van der Waals surface area contributed by atoms with Crippen molar-refractivity contribution < 1.29 is 4.79 Å². The molecule has 0 bridgehead atoms. The summed E-state index contributed by atoms with van der Waals surface area (Å²) in [5.74, 6) is 0. The van der Waals surface area contributed by atoms with Gasteiger partial charge in [-0.05, 0) is 10.2 Å². The van der Waals surface area contributed by atoms with Crippen LogP contribution in [0.3, 0.4) is 0 Å². The van der Waals surface area contributed by atoms with Gasteiger partial charge in [-0.15, -0.1) is 0 Å². The van der Waals surface area contributed by atoms with E-state index in [4.69, 9.17) is 0 Å². The van der Waals surface area contributed by atoms with Crippen molar-refractivity contribution in [2.45, 2.75) is 0 Å². The van der Waals surface area contributed by atoms with Gasteiger partial charge in [0.2, 0.25) is 0 Å². The zero-order valence-corrected chi connectivity index (χ0v) is 5.83. The molecule has 0 aromatic carbocycles. The fourth-order valence-corrected chi connectivity index (χ4v) is 0.391. The molecule has 38 valence electrons.